The highest BCUT2D eigenvalue weighted by molar-refractivity contribution is 5.94. The molecule has 1 aliphatic rings. The average Bonchev–Trinajstić information content (AvgIpc) is 2.77. The number of alkyl halides is 7. The minimum atomic E-state index is -6.69. The maximum Gasteiger partial charge on any atom is 0.460 e. The molecule has 0 aromatic carbocycles. The third kappa shape index (κ3) is 3.17. The molecule has 25 heavy (non-hydrogen) atoms. The number of rotatable bonds is 3. The Labute approximate surface area is 137 Å². The van der Waals surface area contributed by atoms with Crippen LogP contribution in [0, 0.1) is 16.7 Å². The molecule has 1 rings (SSSR count). The SMILES string of the molecule is CC(C)(C)C1=NN(C(=O)CC#N)[C@](O)(C(F)(F)C(F)(F)C(F)(F)F)C1. The van der Waals surface area contributed by atoms with E-state index in [2.05, 4.69) is 5.10 Å². The van der Waals surface area contributed by atoms with E-state index in [-0.39, 0.29) is 0 Å². The number of nitrogens with zero attached hydrogens (tertiary/aromatic N) is 3. The van der Waals surface area contributed by atoms with Crippen LogP contribution in [-0.2, 0) is 4.79 Å². The molecular weight excluding hydrogens is 363 g/mol. The Kier molecular flexibility index (Phi) is 4.93. The van der Waals surface area contributed by atoms with Crippen molar-refractivity contribution >= 4 is 11.6 Å². The van der Waals surface area contributed by atoms with Crippen molar-refractivity contribution in [3.63, 3.8) is 0 Å². The van der Waals surface area contributed by atoms with Gasteiger partial charge in [0.25, 0.3) is 5.91 Å². The topological polar surface area (TPSA) is 76.7 Å². The highest BCUT2D eigenvalue weighted by Gasteiger charge is 2.82. The van der Waals surface area contributed by atoms with Crippen LogP contribution in [0.25, 0.3) is 0 Å². The monoisotopic (exact) mass is 377 g/mol. The van der Waals surface area contributed by atoms with E-state index in [0.717, 1.165) is 0 Å². The molecule has 1 atom stereocenters. The molecule has 0 aliphatic carbocycles. The van der Waals surface area contributed by atoms with E-state index in [4.69, 9.17) is 5.26 Å². The molecule has 0 bridgehead atoms. The Morgan fingerprint density at radius 3 is 2.08 bits per heavy atom. The second-order valence-electron chi connectivity index (χ2n) is 6.48. The maximum absolute atomic E-state index is 14.1. The van der Waals surface area contributed by atoms with Gasteiger partial charge in [0.05, 0.1) is 6.07 Å². The minimum absolute atomic E-state index is 0.404. The second kappa shape index (κ2) is 5.82. The summed E-state index contributed by atoms with van der Waals surface area (Å²) in [6.45, 7) is 4.10. The summed E-state index contributed by atoms with van der Waals surface area (Å²) >= 11 is 0. The van der Waals surface area contributed by atoms with Crippen molar-refractivity contribution < 1.29 is 40.6 Å². The molecule has 1 N–H and O–H groups in total. The molecule has 1 aliphatic heterocycles. The van der Waals surface area contributed by atoms with Crippen molar-refractivity contribution in [2.24, 2.45) is 10.5 Å². The number of nitriles is 1. The Morgan fingerprint density at radius 2 is 1.72 bits per heavy atom. The molecule has 0 saturated heterocycles. The highest BCUT2D eigenvalue weighted by Crippen LogP contribution is 2.55. The molecule has 0 saturated carbocycles. The summed E-state index contributed by atoms with van der Waals surface area (Å²) < 4.78 is 92.3. The molecule has 1 heterocycles. The van der Waals surface area contributed by atoms with Gasteiger partial charge in [0.15, 0.2) is 0 Å². The molecular formula is C13H14F7N3O2. The van der Waals surface area contributed by atoms with Crippen LogP contribution in [0.4, 0.5) is 30.7 Å². The predicted molar refractivity (Wildman–Crippen MR) is 69.5 cm³/mol. The van der Waals surface area contributed by atoms with E-state index in [9.17, 15) is 40.6 Å². The maximum atomic E-state index is 14.1. The molecule has 0 spiro atoms. The van der Waals surface area contributed by atoms with E-state index in [1.165, 1.54) is 26.8 Å². The first-order valence-corrected chi connectivity index (χ1v) is 6.76. The van der Waals surface area contributed by atoms with Crippen LogP contribution in [0.3, 0.4) is 0 Å². The van der Waals surface area contributed by atoms with Crippen LogP contribution in [0.5, 0.6) is 0 Å². The van der Waals surface area contributed by atoms with Gasteiger partial charge in [-0.25, -0.2) is 0 Å². The number of carbonyl (C=O) groups excluding carboxylic acids is 1. The van der Waals surface area contributed by atoms with Gasteiger partial charge in [0.1, 0.15) is 6.42 Å². The summed E-state index contributed by atoms with van der Waals surface area (Å²) in [5, 5.41) is 21.3. The Morgan fingerprint density at radius 1 is 1.24 bits per heavy atom. The quantitative estimate of drug-likeness (QED) is 0.768. The van der Waals surface area contributed by atoms with Crippen LogP contribution < -0.4 is 0 Å². The zero-order chi connectivity index (χ0) is 20.1. The van der Waals surface area contributed by atoms with Crippen molar-refractivity contribution in [1.82, 2.24) is 5.01 Å². The summed E-state index contributed by atoms with van der Waals surface area (Å²) in [4.78, 5) is 11.7. The number of hydrogen-bond acceptors (Lipinski definition) is 4. The normalized spacial score (nSPS) is 22.6. The standard InChI is InChI=1S/C13H14F7N3O2/c1-9(2,3)7-6-10(25,23(22-7)8(24)4-5-21)11(14,15)12(16,17)13(18,19)20/h25H,4,6H2,1-3H3/t10-/m1/s1. The molecule has 0 aromatic rings. The van der Waals surface area contributed by atoms with Gasteiger partial charge >= 0.3 is 18.0 Å². The lowest BCUT2D eigenvalue weighted by molar-refractivity contribution is -0.401. The smallest absolute Gasteiger partial charge is 0.364 e. The number of hydrazone groups is 1. The van der Waals surface area contributed by atoms with E-state index in [0.29, 0.717) is 0 Å². The molecule has 0 radical (unpaired) electrons. The number of hydrogen-bond donors (Lipinski definition) is 1. The first-order valence-electron chi connectivity index (χ1n) is 6.76. The Balaban J connectivity index is 3.53. The molecule has 142 valence electrons. The molecule has 0 fully saturated rings. The van der Waals surface area contributed by atoms with Crippen LogP contribution >= 0.6 is 0 Å². The van der Waals surface area contributed by atoms with Gasteiger partial charge in [-0.15, -0.1) is 0 Å². The van der Waals surface area contributed by atoms with Crippen LogP contribution in [0.15, 0.2) is 5.10 Å². The zero-order valence-electron chi connectivity index (χ0n) is 13.3. The fraction of sp³-hybridized carbons (Fsp3) is 0.769. The van der Waals surface area contributed by atoms with Gasteiger partial charge in [0, 0.05) is 17.5 Å². The van der Waals surface area contributed by atoms with Crippen molar-refractivity contribution in [1.29, 1.82) is 5.26 Å². The summed E-state index contributed by atoms with van der Waals surface area (Å²) in [7, 11) is 0. The number of amides is 1. The van der Waals surface area contributed by atoms with Crippen LogP contribution in [0.1, 0.15) is 33.6 Å². The van der Waals surface area contributed by atoms with E-state index < -0.39 is 58.6 Å². The van der Waals surface area contributed by atoms with Gasteiger partial charge in [-0.3, -0.25) is 4.79 Å². The third-order valence-corrected chi connectivity index (χ3v) is 3.57. The lowest BCUT2D eigenvalue weighted by Gasteiger charge is -2.41. The predicted octanol–water partition coefficient (Wildman–Crippen LogP) is 3.06. The van der Waals surface area contributed by atoms with E-state index >= 15 is 0 Å². The number of halogens is 7. The summed E-state index contributed by atoms with van der Waals surface area (Å²) in [6, 6.07) is 1.23. The third-order valence-electron chi connectivity index (χ3n) is 3.57. The number of aliphatic hydroxyl groups is 1. The zero-order valence-corrected chi connectivity index (χ0v) is 13.3. The lowest BCUT2D eigenvalue weighted by atomic mass is 9.83. The fourth-order valence-electron chi connectivity index (χ4n) is 2.04. The highest BCUT2D eigenvalue weighted by atomic mass is 19.4. The van der Waals surface area contributed by atoms with E-state index in [1.807, 2.05) is 0 Å². The molecule has 0 unspecified atom stereocenters. The van der Waals surface area contributed by atoms with Crippen molar-refractivity contribution in [2.75, 3.05) is 0 Å². The molecule has 0 aromatic heterocycles. The summed E-state index contributed by atoms with van der Waals surface area (Å²) in [5.74, 6) is -14.4. The van der Waals surface area contributed by atoms with Gasteiger partial charge in [-0.2, -0.15) is 46.1 Å². The first kappa shape index (κ1) is 21.1. The minimum Gasteiger partial charge on any atom is -0.364 e. The largest absolute Gasteiger partial charge is 0.460 e. The Bertz CT molecular complexity index is 631. The molecule has 5 nitrogen and oxygen atoms in total. The molecule has 1 amide bonds. The number of carbonyl (C=O) groups is 1. The fourth-order valence-corrected chi connectivity index (χ4v) is 2.04. The molecule has 12 heteroatoms. The summed E-state index contributed by atoms with van der Waals surface area (Å²) in [5.41, 5.74) is -5.80. The van der Waals surface area contributed by atoms with Crippen molar-refractivity contribution in [2.45, 2.75) is 57.4 Å². The lowest BCUT2D eigenvalue weighted by Crippen LogP contribution is -2.69. The average molecular weight is 377 g/mol. The Hall–Kier alpha value is -1.90. The van der Waals surface area contributed by atoms with Crippen molar-refractivity contribution in [3.05, 3.63) is 0 Å². The van der Waals surface area contributed by atoms with Gasteiger partial charge in [0.2, 0.25) is 5.72 Å². The van der Waals surface area contributed by atoms with Gasteiger partial charge < -0.3 is 5.11 Å². The van der Waals surface area contributed by atoms with Crippen molar-refractivity contribution in [3.8, 4) is 6.07 Å². The summed E-state index contributed by atoms with van der Waals surface area (Å²) in [6.07, 6.45) is -9.29. The first-order chi connectivity index (χ1) is 10.9. The second-order valence-corrected chi connectivity index (χ2v) is 6.48. The van der Waals surface area contributed by atoms with Gasteiger partial charge in [-0.1, -0.05) is 20.8 Å². The van der Waals surface area contributed by atoms with Crippen LogP contribution in [-0.4, -0.2) is 45.5 Å². The van der Waals surface area contributed by atoms with Gasteiger partial charge in [-0.05, 0) is 0 Å². The van der Waals surface area contributed by atoms with Crippen LogP contribution in [0.2, 0.25) is 0 Å². The van der Waals surface area contributed by atoms with E-state index in [1.54, 1.807) is 0 Å².